The Bertz CT molecular complexity index is 1430. The highest BCUT2D eigenvalue weighted by Gasteiger charge is 2.29. The molecule has 1 aliphatic rings. The van der Waals surface area contributed by atoms with Crippen LogP contribution in [0.3, 0.4) is 0 Å². The maximum Gasteiger partial charge on any atom is 0.269 e. The summed E-state index contributed by atoms with van der Waals surface area (Å²) in [5.41, 5.74) is 2.04. The van der Waals surface area contributed by atoms with Gasteiger partial charge in [-0.3, -0.25) is 4.68 Å². The quantitative estimate of drug-likeness (QED) is 0.377. The van der Waals surface area contributed by atoms with Crippen molar-refractivity contribution in [1.82, 2.24) is 23.7 Å². The number of aryl methyl sites for hydroxylation is 1. The third-order valence-corrected chi connectivity index (χ3v) is 7.85. The number of hydrogen-bond acceptors (Lipinski definition) is 7. The fraction of sp³-hybridized carbons (Fsp3) is 0.375. The van der Waals surface area contributed by atoms with E-state index in [9.17, 15) is 8.42 Å². The summed E-state index contributed by atoms with van der Waals surface area (Å²) >= 11 is 0. The summed E-state index contributed by atoms with van der Waals surface area (Å²) in [7, 11) is -3.83. The second kappa shape index (κ2) is 8.43. The van der Waals surface area contributed by atoms with Gasteiger partial charge in [0.05, 0.1) is 22.2 Å². The summed E-state index contributed by atoms with van der Waals surface area (Å²) in [5.74, 6) is 1.52. The molecule has 0 radical (unpaired) electrons. The van der Waals surface area contributed by atoms with Crippen LogP contribution in [-0.2, 0) is 10.0 Å². The summed E-state index contributed by atoms with van der Waals surface area (Å²) < 4.78 is 30.0. The van der Waals surface area contributed by atoms with E-state index in [0.717, 1.165) is 11.3 Å². The molecule has 0 saturated heterocycles. The topological polar surface area (TPSA) is 107 Å². The highest BCUT2D eigenvalue weighted by atomic mass is 32.2. The molecule has 10 heteroatoms. The molecule has 0 aliphatic heterocycles. The van der Waals surface area contributed by atoms with Crippen molar-refractivity contribution in [3.63, 3.8) is 0 Å². The highest BCUT2D eigenvalue weighted by molar-refractivity contribution is 7.90. The van der Waals surface area contributed by atoms with Gasteiger partial charge < -0.3 is 10.6 Å². The number of fused-ring (bicyclic) bond motifs is 1. The van der Waals surface area contributed by atoms with Crippen LogP contribution in [0.5, 0.6) is 0 Å². The molecule has 4 aromatic rings. The lowest BCUT2D eigenvalue weighted by molar-refractivity contribution is 0.532. The van der Waals surface area contributed by atoms with Crippen LogP contribution in [0.25, 0.3) is 11.0 Å². The maximum atomic E-state index is 13.5. The zero-order chi connectivity index (χ0) is 24.0. The molecule has 1 aliphatic carbocycles. The van der Waals surface area contributed by atoms with Crippen molar-refractivity contribution in [2.45, 2.75) is 57.5 Å². The largest absolute Gasteiger partial charge is 0.367 e. The standard InChI is InChI=1S/C24H29N7O2S/c1-15(2)30-14-19(13-25-30)27-24-28-22(26-17(4)18-7-8-18)21-11-12-31(23(21)29-24)34(32,33)20-9-5-16(3)6-10-20/h5-6,9-15,17-18H,7-8H2,1-4H3,(H2,26,27,28,29)/t17-/m0/s1. The number of hydrogen-bond donors (Lipinski definition) is 2. The molecule has 3 heterocycles. The summed E-state index contributed by atoms with van der Waals surface area (Å²) in [6.45, 7) is 8.14. The van der Waals surface area contributed by atoms with Crippen molar-refractivity contribution >= 4 is 38.5 Å². The third kappa shape index (κ3) is 4.25. The van der Waals surface area contributed by atoms with E-state index >= 15 is 0 Å². The van der Waals surface area contributed by atoms with Gasteiger partial charge in [-0.25, -0.2) is 12.4 Å². The van der Waals surface area contributed by atoms with E-state index in [1.807, 2.05) is 31.6 Å². The van der Waals surface area contributed by atoms with Crippen LogP contribution in [0, 0.1) is 12.8 Å². The van der Waals surface area contributed by atoms with E-state index in [1.54, 1.807) is 42.7 Å². The molecule has 0 amide bonds. The van der Waals surface area contributed by atoms with Gasteiger partial charge >= 0.3 is 0 Å². The number of benzene rings is 1. The minimum absolute atomic E-state index is 0.211. The molecule has 34 heavy (non-hydrogen) atoms. The molecular formula is C24H29N7O2S. The van der Waals surface area contributed by atoms with Crippen molar-refractivity contribution in [2.24, 2.45) is 5.92 Å². The molecule has 0 bridgehead atoms. The Kier molecular flexibility index (Phi) is 5.55. The van der Waals surface area contributed by atoms with Gasteiger partial charge in [0.15, 0.2) is 5.65 Å². The fourth-order valence-electron chi connectivity index (χ4n) is 3.92. The van der Waals surface area contributed by atoms with Gasteiger partial charge in [0, 0.05) is 24.5 Å². The van der Waals surface area contributed by atoms with Crippen molar-refractivity contribution in [2.75, 3.05) is 10.6 Å². The molecule has 1 atom stereocenters. The van der Waals surface area contributed by atoms with Gasteiger partial charge in [-0.05, 0) is 64.7 Å². The minimum atomic E-state index is -3.83. The molecule has 2 N–H and O–H groups in total. The van der Waals surface area contributed by atoms with E-state index in [-0.39, 0.29) is 17.0 Å². The SMILES string of the molecule is Cc1ccc(S(=O)(=O)n2ccc3c(N[C@@H](C)C4CC4)nc(Nc4cnn(C(C)C)c4)nc32)cc1. The predicted octanol–water partition coefficient (Wildman–Crippen LogP) is 4.71. The van der Waals surface area contributed by atoms with Gasteiger partial charge in [0.2, 0.25) is 5.95 Å². The van der Waals surface area contributed by atoms with Crippen LogP contribution in [0.15, 0.2) is 53.8 Å². The summed E-state index contributed by atoms with van der Waals surface area (Å²) in [5, 5.41) is 11.7. The van der Waals surface area contributed by atoms with Crippen molar-refractivity contribution in [3.8, 4) is 0 Å². The second-order valence-corrected chi connectivity index (χ2v) is 11.1. The first-order valence-corrected chi connectivity index (χ1v) is 13.0. The van der Waals surface area contributed by atoms with Gasteiger partial charge in [-0.2, -0.15) is 15.1 Å². The summed E-state index contributed by atoms with van der Waals surface area (Å²) in [6, 6.07) is 9.01. The molecule has 178 valence electrons. The van der Waals surface area contributed by atoms with Gasteiger partial charge in [-0.1, -0.05) is 17.7 Å². The van der Waals surface area contributed by atoms with Crippen LogP contribution in [0.2, 0.25) is 0 Å². The van der Waals surface area contributed by atoms with Gasteiger partial charge in [0.25, 0.3) is 10.0 Å². The number of anilines is 3. The van der Waals surface area contributed by atoms with Gasteiger partial charge in [-0.15, -0.1) is 0 Å². The first kappa shape index (κ1) is 22.4. The van der Waals surface area contributed by atoms with Crippen LogP contribution < -0.4 is 10.6 Å². The van der Waals surface area contributed by atoms with E-state index in [0.29, 0.717) is 28.7 Å². The van der Waals surface area contributed by atoms with Crippen molar-refractivity contribution < 1.29 is 8.42 Å². The maximum absolute atomic E-state index is 13.5. The average molecular weight is 480 g/mol. The Morgan fingerprint density at radius 3 is 2.44 bits per heavy atom. The molecule has 0 unspecified atom stereocenters. The lowest BCUT2D eigenvalue weighted by Crippen LogP contribution is -2.19. The molecule has 0 spiro atoms. The molecule has 9 nitrogen and oxygen atoms in total. The Morgan fingerprint density at radius 1 is 1.06 bits per heavy atom. The monoisotopic (exact) mass is 479 g/mol. The minimum Gasteiger partial charge on any atom is -0.367 e. The number of nitrogens with zero attached hydrogens (tertiary/aromatic N) is 5. The third-order valence-electron chi connectivity index (χ3n) is 6.17. The predicted molar refractivity (Wildman–Crippen MR) is 133 cm³/mol. The van der Waals surface area contributed by atoms with Crippen molar-refractivity contribution in [3.05, 3.63) is 54.5 Å². The van der Waals surface area contributed by atoms with Crippen LogP contribution >= 0.6 is 0 Å². The Morgan fingerprint density at radius 2 is 1.79 bits per heavy atom. The van der Waals surface area contributed by atoms with Crippen LogP contribution in [0.4, 0.5) is 17.5 Å². The van der Waals surface area contributed by atoms with Crippen LogP contribution in [-0.4, -0.2) is 38.2 Å². The lowest BCUT2D eigenvalue weighted by atomic mass is 10.2. The molecule has 3 aromatic heterocycles. The van der Waals surface area contributed by atoms with E-state index < -0.39 is 10.0 Å². The average Bonchev–Trinajstić information content (AvgIpc) is 3.38. The first-order chi connectivity index (χ1) is 16.2. The zero-order valence-corrected chi connectivity index (χ0v) is 20.5. The van der Waals surface area contributed by atoms with E-state index in [1.165, 1.54) is 16.8 Å². The zero-order valence-electron chi connectivity index (χ0n) is 19.7. The smallest absolute Gasteiger partial charge is 0.269 e. The first-order valence-electron chi connectivity index (χ1n) is 11.5. The van der Waals surface area contributed by atoms with Crippen LogP contribution in [0.1, 0.15) is 45.2 Å². The molecular weight excluding hydrogens is 450 g/mol. The fourth-order valence-corrected chi connectivity index (χ4v) is 5.21. The van der Waals surface area contributed by atoms with E-state index in [2.05, 4.69) is 27.6 Å². The van der Waals surface area contributed by atoms with Crippen molar-refractivity contribution in [1.29, 1.82) is 0 Å². The Labute approximate surface area is 199 Å². The second-order valence-electron chi connectivity index (χ2n) is 9.26. The van der Waals surface area contributed by atoms with E-state index in [4.69, 9.17) is 4.98 Å². The molecule has 5 rings (SSSR count). The Hall–Kier alpha value is -3.40. The number of nitrogens with one attached hydrogen (secondary N) is 2. The normalized spacial score (nSPS) is 15.1. The lowest BCUT2D eigenvalue weighted by Gasteiger charge is -2.16. The number of rotatable bonds is 8. The molecule has 1 fully saturated rings. The summed E-state index contributed by atoms with van der Waals surface area (Å²) in [6.07, 6.45) is 7.49. The number of aromatic nitrogens is 5. The van der Waals surface area contributed by atoms with Gasteiger partial charge in [0.1, 0.15) is 5.82 Å². The highest BCUT2D eigenvalue weighted by Crippen LogP contribution is 2.35. The molecule has 1 saturated carbocycles. The Balaban J connectivity index is 1.59. The molecule has 1 aromatic carbocycles. The summed E-state index contributed by atoms with van der Waals surface area (Å²) in [4.78, 5) is 9.52.